The van der Waals surface area contributed by atoms with E-state index in [2.05, 4.69) is 9.88 Å². The molecule has 3 rings (SSSR count). The van der Waals surface area contributed by atoms with Crippen molar-refractivity contribution in [1.82, 2.24) is 5.16 Å². The normalized spacial score (nSPS) is 15.2. The van der Waals surface area contributed by atoms with Crippen molar-refractivity contribution in [2.24, 2.45) is 0 Å². The SMILES string of the molecule is Cc1noc(C)c1S(=O)(=O)Nc1ccc(N2CCCC2=O)cc1. The minimum atomic E-state index is -3.76. The molecule has 1 aromatic carbocycles. The molecule has 0 saturated carbocycles. The summed E-state index contributed by atoms with van der Waals surface area (Å²) in [6.45, 7) is 3.83. The van der Waals surface area contributed by atoms with Crippen LogP contribution in [-0.4, -0.2) is 26.0 Å². The van der Waals surface area contributed by atoms with Crippen LogP contribution >= 0.6 is 0 Å². The Kier molecular flexibility index (Phi) is 3.85. The highest BCUT2D eigenvalue weighted by atomic mass is 32.2. The molecule has 1 aliphatic heterocycles. The molecule has 0 aliphatic carbocycles. The van der Waals surface area contributed by atoms with E-state index in [4.69, 9.17) is 4.52 Å². The standard InChI is InChI=1S/C15H17N3O4S/c1-10-15(11(2)22-16-10)23(20,21)17-12-5-7-13(8-6-12)18-9-3-4-14(18)19/h5-8,17H,3-4,9H2,1-2H3. The maximum Gasteiger partial charge on any atom is 0.267 e. The number of rotatable bonds is 4. The second-order valence-corrected chi connectivity index (χ2v) is 7.07. The van der Waals surface area contributed by atoms with Crippen LogP contribution in [0.3, 0.4) is 0 Å². The summed E-state index contributed by atoms with van der Waals surface area (Å²) in [5.41, 5.74) is 1.50. The van der Waals surface area contributed by atoms with Gasteiger partial charge in [-0.3, -0.25) is 9.52 Å². The fourth-order valence-electron chi connectivity index (χ4n) is 2.70. The number of aryl methyl sites for hydroxylation is 2. The van der Waals surface area contributed by atoms with Crippen LogP contribution in [0.2, 0.25) is 0 Å². The molecule has 1 amide bonds. The zero-order valence-electron chi connectivity index (χ0n) is 12.9. The van der Waals surface area contributed by atoms with E-state index in [1.807, 2.05) is 0 Å². The Bertz CT molecular complexity index is 821. The molecule has 23 heavy (non-hydrogen) atoms. The third-order valence-electron chi connectivity index (χ3n) is 3.74. The second-order valence-electron chi connectivity index (χ2n) is 5.45. The molecule has 0 bridgehead atoms. The highest BCUT2D eigenvalue weighted by Crippen LogP contribution is 2.26. The first kappa shape index (κ1) is 15.5. The van der Waals surface area contributed by atoms with Gasteiger partial charge in [0.15, 0.2) is 10.7 Å². The van der Waals surface area contributed by atoms with E-state index in [1.54, 1.807) is 43.0 Å². The highest BCUT2D eigenvalue weighted by Gasteiger charge is 2.25. The zero-order valence-corrected chi connectivity index (χ0v) is 13.7. The van der Waals surface area contributed by atoms with E-state index in [1.165, 1.54) is 0 Å². The number of anilines is 2. The van der Waals surface area contributed by atoms with Crippen LogP contribution in [0.4, 0.5) is 11.4 Å². The fraction of sp³-hybridized carbons (Fsp3) is 0.333. The van der Waals surface area contributed by atoms with Gasteiger partial charge >= 0.3 is 0 Å². The van der Waals surface area contributed by atoms with Crippen LogP contribution in [0.25, 0.3) is 0 Å². The topological polar surface area (TPSA) is 92.5 Å². The van der Waals surface area contributed by atoms with Crippen LogP contribution in [0.1, 0.15) is 24.3 Å². The van der Waals surface area contributed by atoms with E-state index < -0.39 is 10.0 Å². The van der Waals surface area contributed by atoms with Gasteiger partial charge in [-0.2, -0.15) is 0 Å². The van der Waals surface area contributed by atoms with Gasteiger partial charge in [-0.25, -0.2) is 8.42 Å². The first-order valence-corrected chi connectivity index (χ1v) is 8.73. The minimum absolute atomic E-state index is 0.0521. The van der Waals surface area contributed by atoms with Crippen molar-refractivity contribution < 1.29 is 17.7 Å². The van der Waals surface area contributed by atoms with Gasteiger partial charge < -0.3 is 9.42 Å². The number of aromatic nitrogens is 1. The van der Waals surface area contributed by atoms with Crippen molar-refractivity contribution in [3.63, 3.8) is 0 Å². The number of amides is 1. The molecule has 7 nitrogen and oxygen atoms in total. The number of carbonyl (C=O) groups is 1. The Labute approximate surface area is 134 Å². The minimum Gasteiger partial charge on any atom is -0.360 e. The van der Waals surface area contributed by atoms with Crippen molar-refractivity contribution in [3.05, 3.63) is 35.7 Å². The van der Waals surface area contributed by atoms with Crippen molar-refractivity contribution in [3.8, 4) is 0 Å². The number of nitrogens with zero attached hydrogens (tertiary/aromatic N) is 2. The van der Waals surface area contributed by atoms with Gasteiger partial charge in [0.2, 0.25) is 5.91 Å². The molecule has 8 heteroatoms. The number of benzene rings is 1. The maximum absolute atomic E-state index is 12.4. The number of hydrogen-bond donors (Lipinski definition) is 1. The number of carbonyl (C=O) groups excluding carboxylic acids is 1. The fourth-order valence-corrected chi connectivity index (χ4v) is 4.09. The average molecular weight is 335 g/mol. The Balaban J connectivity index is 1.82. The Morgan fingerprint density at radius 1 is 1.22 bits per heavy atom. The average Bonchev–Trinajstić information content (AvgIpc) is 3.05. The second kappa shape index (κ2) is 5.69. The van der Waals surface area contributed by atoms with Crippen molar-refractivity contribution in [1.29, 1.82) is 0 Å². The summed E-state index contributed by atoms with van der Waals surface area (Å²) in [6, 6.07) is 6.73. The first-order chi connectivity index (χ1) is 10.9. The number of sulfonamides is 1. The molecule has 1 aliphatic rings. The smallest absolute Gasteiger partial charge is 0.267 e. The summed E-state index contributed by atoms with van der Waals surface area (Å²) < 4.78 is 32.2. The Morgan fingerprint density at radius 3 is 2.43 bits per heavy atom. The molecule has 0 radical (unpaired) electrons. The van der Waals surface area contributed by atoms with E-state index >= 15 is 0 Å². The van der Waals surface area contributed by atoms with Crippen LogP contribution in [0, 0.1) is 13.8 Å². The van der Waals surface area contributed by atoms with E-state index in [9.17, 15) is 13.2 Å². The van der Waals surface area contributed by atoms with Gasteiger partial charge in [0.25, 0.3) is 10.0 Å². The van der Waals surface area contributed by atoms with Crippen LogP contribution in [0.5, 0.6) is 0 Å². The van der Waals surface area contributed by atoms with Crippen LogP contribution < -0.4 is 9.62 Å². The monoisotopic (exact) mass is 335 g/mol. The zero-order chi connectivity index (χ0) is 16.6. The first-order valence-electron chi connectivity index (χ1n) is 7.24. The molecular weight excluding hydrogens is 318 g/mol. The predicted molar refractivity (Wildman–Crippen MR) is 84.8 cm³/mol. The quantitative estimate of drug-likeness (QED) is 0.925. The summed E-state index contributed by atoms with van der Waals surface area (Å²) in [4.78, 5) is 13.5. The van der Waals surface area contributed by atoms with Gasteiger partial charge in [0, 0.05) is 24.3 Å². The van der Waals surface area contributed by atoms with Gasteiger partial charge in [0.1, 0.15) is 5.69 Å². The van der Waals surface area contributed by atoms with Gasteiger partial charge in [-0.15, -0.1) is 0 Å². The lowest BCUT2D eigenvalue weighted by molar-refractivity contribution is -0.117. The summed E-state index contributed by atoms with van der Waals surface area (Å²) in [5.74, 6) is 0.336. The van der Waals surface area contributed by atoms with Crippen molar-refractivity contribution >= 4 is 27.3 Å². The molecule has 0 atom stereocenters. The number of hydrogen-bond acceptors (Lipinski definition) is 5. The Morgan fingerprint density at radius 2 is 1.91 bits per heavy atom. The Hall–Kier alpha value is -2.35. The molecule has 1 fully saturated rings. The van der Waals surface area contributed by atoms with Crippen LogP contribution in [0.15, 0.2) is 33.7 Å². The predicted octanol–water partition coefficient (Wildman–Crippen LogP) is 2.22. The molecule has 2 heterocycles. The lowest BCUT2D eigenvalue weighted by Crippen LogP contribution is -2.23. The van der Waals surface area contributed by atoms with E-state index in [-0.39, 0.29) is 16.6 Å². The van der Waals surface area contributed by atoms with E-state index in [0.29, 0.717) is 24.3 Å². The van der Waals surface area contributed by atoms with Gasteiger partial charge in [-0.05, 0) is 44.5 Å². The van der Waals surface area contributed by atoms with E-state index in [0.717, 1.165) is 12.1 Å². The molecular formula is C15H17N3O4S. The maximum atomic E-state index is 12.4. The molecule has 0 spiro atoms. The van der Waals surface area contributed by atoms with Crippen LogP contribution in [-0.2, 0) is 14.8 Å². The highest BCUT2D eigenvalue weighted by molar-refractivity contribution is 7.92. The molecule has 1 saturated heterocycles. The molecule has 2 aromatic rings. The van der Waals surface area contributed by atoms with Gasteiger partial charge in [0.05, 0.1) is 0 Å². The van der Waals surface area contributed by atoms with Crippen molar-refractivity contribution in [2.75, 3.05) is 16.2 Å². The third kappa shape index (κ3) is 2.94. The molecule has 1 N–H and O–H groups in total. The summed E-state index contributed by atoms with van der Waals surface area (Å²) in [5, 5.41) is 3.66. The lowest BCUT2D eigenvalue weighted by Gasteiger charge is -2.16. The molecule has 0 unspecified atom stereocenters. The summed E-state index contributed by atoms with van der Waals surface area (Å²) >= 11 is 0. The van der Waals surface area contributed by atoms with Gasteiger partial charge in [-0.1, -0.05) is 5.16 Å². The summed E-state index contributed by atoms with van der Waals surface area (Å²) in [7, 11) is -3.76. The molecule has 1 aromatic heterocycles. The largest absolute Gasteiger partial charge is 0.360 e. The lowest BCUT2D eigenvalue weighted by atomic mass is 10.2. The summed E-state index contributed by atoms with van der Waals surface area (Å²) in [6.07, 6.45) is 1.40. The molecule has 122 valence electrons. The van der Waals surface area contributed by atoms with Crippen molar-refractivity contribution in [2.45, 2.75) is 31.6 Å². The third-order valence-corrected chi connectivity index (χ3v) is 5.37. The number of nitrogens with one attached hydrogen (secondary N) is 1.